The van der Waals surface area contributed by atoms with Gasteiger partial charge in [-0.3, -0.25) is 48.6 Å². The Labute approximate surface area is 394 Å². The highest BCUT2D eigenvalue weighted by Gasteiger charge is 2.45. The van der Waals surface area contributed by atoms with Crippen molar-refractivity contribution >= 4 is 69.2 Å². The van der Waals surface area contributed by atoms with Crippen LogP contribution in [0.2, 0.25) is 0 Å². The van der Waals surface area contributed by atoms with Gasteiger partial charge in [0.2, 0.25) is 17.7 Å². The normalized spacial score (nSPS) is 18.5. The number of carbonyl (C=O) groups excluding carboxylic acids is 6. The van der Waals surface area contributed by atoms with Crippen molar-refractivity contribution in [3.63, 3.8) is 0 Å². The maximum absolute atomic E-state index is 15.1. The lowest BCUT2D eigenvalue weighted by atomic mass is 9.91. The fourth-order valence-corrected chi connectivity index (χ4v) is 10.9. The lowest BCUT2D eigenvalue weighted by Crippen LogP contribution is -2.54. The molecule has 16 nitrogen and oxygen atoms in total. The van der Waals surface area contributed by atoms with E-state index in [0.29, 0.717) is 98.0 Å². The van der Waals surface area contributed by atoms with E-state index < -0.39 is 36.1 Å². The first-order chi connectivity index (χ1) is 33.3. The van der Waals surface area contributed by atoms with Gasteiger partial charge in [-0.2, -0.15) is 5.10 Å². The zero-order chi connectivity index (χ0) is 47.8. The molecule has 1 atom stereocenters. The number of likely N-dealkylation sites (tertiary alicyclic amines) is 1. The van der Waals surface area contributed by atoms with Crippen molar-refractivity contribution in [2.45, 2.75) is 76.9 Å². The standard InChI is InChI=1S/C51H48F2N10O6/c1-28(64)60-21-16-42-40(27-60)47(61-18-3-4-30-22-35(36(46(52)53)24-44(30)61)39-26-58(2)41-13-17-54-25-38(39)41)57-63(42)33-14-19-59(20-15-33)49(67)29-5-7-31(8-6-29)55-32-9-10-34-37(23-32)51(69)62(50(34)68)43-11-12-45(65)56-48(43)66/h5-10,13,17,22-26,33,43,46,55H,3-4,11-12,14-16,18-21,27H2,1-2H3,(H,56,65,66). The number of amides is 6. The fraction of sp³-hybridized carbons (Fsp3) is 0.333. The summed E-state index contributed by atoms with van der Waals surface area (Å²) < 4.78 is 34.3. The summed E-state index contributed by atoms with van der Waals surface area (Å²) in [5, 5.41) is 11.5. The van der Waals surface area contributed by atoms with Crippen molar-refractivity contribution in [3.8, 4) is 11.1 Å². The molecule has 5 aliphatic heterocycles. The number of imide groups is 2. The largest absolute Gasteiger partial charge is 0.356 e. The highest BCUT2D eigenvalue weighted by molar-refractivity contribution is 6.23. The number of carbonyl (C=O) groups is 6. The number of piperidine rings is 2. The number of hydrogen-bond acceptors (Lipinski definition) is 10. The summed E-state index contributed by atoms with van der Waals surface area (Å²) in [4.78, 5) is 88.2. The molecule has 6 amide bonds. The maximum Gasteiger partial charge on any atom is 0.264 e. The molecule has 0 bridgehead atoms. The molecule has 11 rings (SSSR count). The van der Waals surface area contributed by atoms with Crippen LogP contribution in [0.1, 0.15) is 105 Å². The van der Waals surface area contributed by atoms with Crippen molar-refractivity contribution in [3.05, 3.63) is 118 Å². The van der Waals surface area contributed by atoms with Crippen molar-refractivity contribution in [1.82, 2.24) is 39.3 Å². The Morgan fingerprint density at radius 2 is 1.58 bits per heavy atom. The van der Waals surface area contributed by atoms with Crippen LogP contribution >= 0.6 is 0 Å². The number of hydrogen-bond donors (Lipinski definition) is 2. The van der Waals surface area contributed by atoms with Crippen LogP contribution in [0.25, 0.3) is 22.0 Å². The van der Waals surface area contributed by atoms with Crippen LogP contribution in [0, 0.1) is 0 Å². The predicted octanol–water partition coefficient (Wildman–Crippen LogP) is 6.99. The van der Waals surface area contributed by atoms with E-state index in [4.69, 9.17) is 5.10 Å². The first-order valence-electron chi connectivity index (χ1n) is 23.3. The molecule has 0 aliphatic carbocycles. The van der Waals surface area contributed by atoms with Gasteiger partial charge in [-0.1, -0.05) is 0 Å². The molecule has 0 radical (unpaired) electrons. The number of aromatic nitrogens is 4. The number of alkyl halides is 2. The second-order valence-electron chi connectivity index (χ2n) is 18.5. The van der Waals surface area contributed by atoms with E-state index in [1.54, 1.807) is 66.7 Å². The van der Waals surface area contributed by atoms with Gasteiger partial charge >= 0.3 is 0 Å². The Kier molecular flexibility index (Phi) is 10.8. The Bertz CT molecular complexity index is 3160. The third-order valence-corrected chi connectivity index (χ3v) is 14.4. The van der Waals surface area contributed by atoms with Crippen LogP contribution in [0.5, 0.6) is 0 Å². The SMILES string of the molecule is CC(=O)N1CCc2c(c(N3CCCc4cc(-c5cn(C)c6ccncc56)c(C(F)F)cc43)nn2C2CCN(C(=O)c3ccc(Nc4ccc5c(c4)C(=O)N(C4CCC(=O)NC4=O)C5=O)cc3)CC2)C1. The fourth-order valence-electron chi connectivity index (χ4n) is 10.9. The number of benzene rings is 3. The van der Waals surface area contributed by atoms with Gasteiger partial charge in [-0.25, -0.2) is 8.78 Å². The van der Waals surface area contributed by atoms with E-state index in [0.717, 1.165) is 39.0 Å². The molecule has 3 aromatic heterocycles. The summed E-state index contributed by atoms with van der Waals surface area (Å²) >= 11 is 0. The average Bonchev–Trinajstić information content (AvgIpc) is 3.98. The zero-order valence-corrected chi connectivity index (χ0v) is 38.0. The first kappa shape index (κ1) is 43.8. The maximum atomic E-state index is 15.1. The third-order valence-electron chi connectivity index (χ3n) is 14.4. The van der Waals surface area contributed by atoms with Gasteiger partial charge in [-0.05, 0) is 104 Å². The highest BCUT2D eigenvalue weighted by Crippen LogP contribution is 2.45. The van der Waals surface area contributed by atoms with Crippen LogP contribution in [-0.2, 0) is 40.8 Å². The predicted molar refractivity (Wildman–Crippen MR) is 250 cm³/mol. The lowest BCUT2D eigenvalue weighted by molar-refractivity contribution is -0.136. The number of pyridine rings is 1. The van der Waals surface area contributed by atoms with E-state index in [9.17, 15) is 28.8 Å². The molecular formula is C51H48F2N10O6. The molecule has 1 unspecified atom stereocenters. The van der Waals surface area contributed by atoms with E-state index in [1.807, 2.05) is 34.8 Å². The quantitative estimate of drug-likeness (QED) is 0.152. The van der Waals surface area contributed by atoms with E-state index in [-0.39, 0.29) is 47.4 Å². The molecule has 5 aliphatic rings. The Morgan fingerprint density at radius 1 is 0.812 bits per heavy atom. The van der Waals surface area contributed by atoms with Gasteiger partial charge in [0.15, 0.2) is 5.82 Å². The molecule has 2 fully saturated rings. The number of nitrogens with zero attached hydrogens (tertiary/aromatic N) is 8. The van der Waals surface area contributed by atoms with Gasteiger partial charge in [0.1, 0.15) is 6.04 Å². The summed E-state index contributed by atoms with van der Waals surface area (Å²) in [5.74, 6) is -1.78. The second kappa shape index (κ2) is 17.1. The van der Waals surface area contributed by atoms with Crippen LogP contribution < -0.4 is 15.5 Å². The Morgan fingerprint density at radius 3 is 2.33 bits per heavy atom. The highest BCUT2D eigenvalue weighted by atomic mass is 19.3. The molecule has 2 N–H and O–H groups in total. The second-order valence-corrected chi connectivity index (χ2v) is 18.5. The minimum Gasteiger partial charge on any atom is -0.356 e. The molecule has 0 saturated carbocycles. The number of rotatable bonds is 8. The van der Waals surface area contributed by atoms with Crippen LogP contribution in [0.15, 0.2) is 79.3 Å². The molecule has 2 saturated heterocycles. The van der Waals surface area contributed by atoms with Crippen molar-refractivity contribution in [1.29, 1.82) is 0 Å². The number of anilines is 4. The van der Waals surface area contributed by atoms with Gasteiger partial charge in [0.05, 0.1) is 29.2 Å². The molecule has 8 heterocycles. The molecule has 69 heavy (non-hydrogen) atoms. The van der Waals surface area contributed by atoms with Gasteiger partial charge in [-0.15, -0.1) is 0 Å². The van der Waals surface area contributed by atoms with Gasteiger partial charge < -0.3 is 24.6 Å². The van der Waals surface area contributed by atoms with Crippen LogP contribution in [-0.4, -0.2) is 102 Å². The minimum atomic E-state index is -2.73. The van der Waals surface area contributed by atoms with Crippen LogP contribution in [0.3, 0.4) is 0 Å². The molecule has 18 heteroatoms. The van der Waals surface area contributed by atoms with Crippen LogP contribution in [0.4, 0.5) is 31.7 Å². The molecule has 0 spiro atoms. The van der Waals surface area contributed by atoms with Crippen molar-refractivity contribution in [2.24, 2.45) is 7.05 Å². The molecule has 6 aromatic rings. The zero-order valence-electron chi connectivity index (χ0n) is 38.0. The van der Waals surface area contributed by atoms with E-state index in [1.165, 1.54) is 6.07 Å². The van der Waals surface area contributed by atoms with Gasteiger partial charge in [0.25, 0.3) is 24.1 Å². The summed E-state index contributed by atoms with van der Waals surface area (Å²) in [6.45, 7) is 4.02. The number of nitrogens with one attached hydrogen (secondary N) is 2. The number of aryl methyl sites for hydroxylation is 2. The minimum absolute atomic E-state index is 0.0270. The summed E-state index contributed by atoms with van der Waals surface area (Å²) in [6.07, 6.45) is 6.06. The van der Waals surface area contributed by atoms with E-state index >= 15 is 8.78 Å². The van der Waals surface area contributed by atoms with Crippen molar-refractivity contribution < 1.29 is 37.5 Å². The van der Waals surface area contributed by atoms with E-state index in [2.05, 4.69) is 25.2 Å². The number of fused-ring (bicyclic) bond motifs is 4. The third kappa shape index (κ3) is 7.57. The van der Waals surface area contributed by atoms with Crippen molar-refractivity contribution in [2.75, 3.05) is 36.4 Å². The Hall–Kier alpha value is -7.76. The smallest absolute Gasteiger partial charge is 0.264 e. The lowest BCUT2D eigenvalue weighted by Gasteiger charge is -2.34. The number of halogens is 2. The summed E-state index contributed by atoms with van der Waals surface area (Å²) in [7, 11) is 1.90. The topological polar surface area (TPSA) is 175 Å². The average molecular weight is 935 g/mol. The van der Waals surface area contributed by atoms with Gasteiger partial charge in [0, 0.05) is 122 Å². The molecule has 3 aromatic carbocycles. The summed E-state index contributed by atoms with van der Waals surface area (Å²) in [6, 6.07) is 16.1. The Balaban J connectivity index is 0.800. The molecular weight excluding hydrogens is 887 g/mol. The summed E-state index contributed by atoms with van der Waals surface area (Å²) in [5.41, 5.74) is 7.67. The monoisotopic (exact) mass is 934 g/mol. The molecule has 352 valence electrons. The first-order valence-corrected chi connectivity index (χ1v) is 23.3.